The molecule has 8 nitrogen and oxygen atoms in total. The molecule has 9 heteroatoms. The first kappa shape index (κ1) is 27.5. The van der Waals surface area contributed by atoms with Gasteiger partial charge in [0.1, 0.15) is 12.1 Å². The molecule has 186 valence electrons. The number of aryl methyl sites for hydroxylation is 1. The molecule has 0 aliphatic rings. The van der Waals surface area contributed by atoms with E-state index >= 15 is 0 Å². The van der Waals surface area contributed by atoms with Gasteiger partial charge in [0, 0.05) is 25.2 Å². The van der Waals surface area contributed by atoms with Crippen LogP contribution in [0.1, 0.15) is 42.3 Å². The molecule has 0 atom stereocenters. The van der Waals surface area contributed by atoms with Crippen LogP contribution in [-0.4, -0.2) is 69.4 Å². The molecule has 0 radical (unpaired) electrons. The SMILES string of the molecule is Cc1ccc(C(=O)N(CCN(C)C)CC(=O)OC(C)(C)C)cc1S(=O)(=O)NCc1ccccc1. The molecule has 0 saturated carbocycles. The minimum absolute atomic E-state index is 0.0270. The molecule has 0 aromatic heterocycles. The van der Waals surface area contributed by atoms with E-state index in [-0.39, 0.29) is 30.1 Å². The molecule has 34 heavy (non-hydrogen) atoms. The summed E-state index contributed by atoms with van der Waals surface area (Å²) in [5, 5.41) is 0. The van der Waals surface area contributed by atoms with E-state index in [4.69, 9.17) is 4.74 Å². The number of nitrogens with zero attached hydrogens (tertiary/aromatic N) is 2. The van der Waals surface area contributed by atoms with Crippen LogP contribution in [0.4, 0.5) is 0 Å². The van der Waals surface area contributed by atoms with Crippen molar-refractivity contribution in [3.8, 4) is 0 Å². The number of hydrogen-bond acceptors (Lipinski definition) is 6. The van der Waals surface area contributed by atoms with Crippen LogP contribution in [0.5, 0.6) is 0 Å². The molecule has 2 aromatic rings. The van der Waals surface area contributed by atoms with Crippen molar-refractivity contribution in [1.82, 2.24) is 14.5 Å². The molecule has 0 heterocycles. The van der Waals surface area contributed by atoms with Gasteiger partial charge in [-0.15, -0.1) is 0 Å². The third-order valence-electron chi connectivity index (χ3n) is 4.88. The first-order valence-electron chi connectivity index (χ1n) is 11.1. The van der Waals surface area contributed by atoms with Crippen molar-refractivity contribution in [2.75, 3.05) is 33.7 Å². The summed E-state index contributed by atoms with van der Waals surface area (Å²) in [6.07, 6.45) is 0. The summed E-state index contributed by atoms with van der Waals surface area (Å²) in [6.45, 7) is 7.68. The second-order valence-electron chi connectivity index (χ2n) is 9.41. The lowest BCUT2D eigenvalue weighted by molar-refractivity contribution is -0.155. The fraction of sp³-hybridized carbons (Fsp3) is 0.440. The van der Waals surface area contributed by atoms with Crippen LogP contribution in [-0.2, 0) is 26.1 Å². The van der Waals surface area contributed by atoms with Gasteiger partial charge in [-0.25, -0.2) is 13.1 Å². The fourth-order valence-electron chi connectivity index (χ4n) is 3.16. The summed E-state index contributed by atoms with van der Waals surface area (Å²) >= 11 is 0. The molecule has 1 N–H and O–H groups in total. The quantitative estimate of drug-likeness (QED) is 0.516. The Morgan fingerprint density at radius 1 is 1.00 bits per heavy atom. The second kappa shape index (κ2) is 11.6. The third kappa shape index (κ3) is 8.55. The standard InChI is InChI=1S/C25H35N3O5S/c1-19-12-13-21(16-22(19)34(31,32)26-17-20-10-8-7-9-11-20)24(30)28(15-14-27(5)6)18-23(29)33-25(2,3)4/h7-13,16,26H,14-15,17-18H2,1-6H3. The predicted octanol–water partition coefficient (Wildman–Crippen LogP) is 2.82. The summed E-state index contributed by atoms with van der Waals surface area (Å²) < 4.78 is 34.0. The van der Waals surface area contributed by atoms with Gasteiger partial charge in [-0.1, -0.05) is 36.4 Å². The zero-order valence-electron chi connectivity index (χ0n) is 20.8. The molecule has 1 amide bonds. The molecule has 0 saturated heterocycles. The highest BCUT2D eigenvalue weighted by Crippen LogP contribution is 2.19. The molecule has 0 spiro atoms. The first-order chi connectivity index (χ1) is 15.8. The molecule has 0 fully saturated rings. The molecule has 0 bridgehead atoms. The first-order valence-corrected chi connectivity index (χ1v) is 12.6. The van der Waals surface area contributed by atoms with Gasteiger partial charge >= 0.3 is 5.97 Å². The van der Waals surface area contributed by atoms with Crippen LogP contribution >= 0.6 is 0 Å². The topological polar surface area (TPSA) is 96.0 Å². The maximum atomic E-state index is 13.3. The Balaban J connectivity index is 2.27. The van der Waals surface area contributed by atoms with E-state index in [0.717, 1.165) is 5.56 Å². The Hall–Kier alpha value is -2.75. The van der Waals surface area contributed by atoms with Crippen LogP contribution in [0, 0.1) is 6.92 Å². The normalized spacial score (nSPS) is 12.0. The van der Waals surface area contributed by atoms with Crippen LogP contribution in [0.15, 0.2) is 53.4 Å². The average molecular weight is 490 g/mol. The second-order valence-corrected chi connectivity index (χ2v) is 11.1. The van der Waals surface area contributed by atoms with E-state index in [1.54, 1.807) is 39.8 Å². The van der Waals surface area contributed by atoms with E-state index in [0.29, 0.717) is 12.1 Å². The van der Waals surface area contributed by atoms with Crippen molar-refractivity contribution in [3.05, 3.63) is 65.2 Å². The Morgan fingerprint density at radius 3 is 2.24 bits per heavy atom. The minimum Gasteiger partial charge on any atom is -0.459 e. The van der Waals surface area contributed by atoms with Crippen LogP contribution in [0.2, 0.25) is 0 Å². The summed E-state index contributed by atoms with van der Waals surface area (Å²) in [6, 6.07) is 13.7. The van der Waals surface area contributed by atoms with E-state index in [2.05, 4.69) is 4.72 Å². The van der Waals surface area contributed by atoms with Gasteiger partial charge in [-0.05, 0) is 65.0 Å². The number of amides is 1. The zero-order valence-corrected chi connectivity index (χ0v) is 21.6. The van der Waals surface area contributed by atoms with Gasteiger partial charge in [0.05, 0.1) is 4.90 Å². The molecule has 2 rings (SSSR count). The summed E-state index contributed by atoms with van der Waals surface area (Å²) in [5.41, 5.74) is 0.850. The number of nitrogens with one attached hydrogen (secondary N) is 1. The van der Waals surface area contributed by atoms with E-state index in [9.17, 15) is 18.0 Å². The Labute approximate surface area is 202 Å². The molecule has 0 unspecified atom stereocenters. The highest BCUT2D eigenvalue weighted by molar-refractivity contribution is 7.89. The van der Waals surface area contributed by atoms with Crippen molar-refractivity contribution in [2.24, 2.45) is 0 Å². The number of sulfonamides is 1. The lowest BCUT2D eigenvalue weighted by atomic mass is 10.1. The number of benzene rings is 2. The third-order valence-corrected chi connectivity index (χ3v) is 6.42. The Morgan fingerprint density at radius 2 is 1.65 bits per heavy atom. The monoisotopic (exact) mass is 489 g/mol. The maximum Gasteiger partial charge on any atom is 0.326 e. The predicted molar refractivity (Wildman–Crippen MR) is 132 cm³/mol. The van der Waals surface area contributed by atoms with Gasteiger partial charge in [0.25, 0.3) is 5.91 Å². The smallest absolute Gasteiger partial charge is 0.326 e. The lowest BCUT2D eigenvalue weighted by Crippen LogP contribution is -2.42. The van der Waals surface area contributed by atoms with Crippen molar-refractivity contribution >= 4 is 21.9 Å². The van der Waals surface area contributed by atoms with E-state index < -0.39 is 27.5 Å². The van der Waals surface area contributed by atoms with Crippen molar-refractivity contribution in [3.63, 3.8) is 0 Å². The van der Waals surface area contributed by atoms with Crippen LogP contribution in [0.3, 0.4) is 0 Å². The highest BCUT2D eigenvalue weighted by Gasteiger charge is 2.25. The zero-order chi connectivity index (χ0) is 25.5. The average Bonchev–Trinajstić information content (AvgIpc) is 2.74. The number of esters is 1. The summed E-state index contributed by atoms with van der Waals surface area (Å²) in [5.74, 6) is -0.962. The van der Waals surface area contributed by atoms with Crippen molar-refractivity contribution in [2.45, 2.75) is 44.7 Å². The number of carbonyl (C=O) groups excluding carboxylic acids is 2. The van der Waals surface area contributed by atoms with E-state index in [1.165, 1.54) is 11.0 Å². The summed E-state index contributed by atoms with van der Waals surface area (Å²) in [4.78, 5) is 29.0. The lowest BCUT2D eigenvalue weighted by Gasteiger charge is -2.26. The van der Waals surface area contributed by atoms with Crippen LogP contribution < -0.4 is 4.72 Å². The largest absolute Gasteiger partial charge is 0.459 e. The maximum absolute atomic E-state index is 13.3. The van der Waals surface area contributed by atoms with Crippen LogP contribution in [0.25, 0.3) is 0 Å². The highest BCUT2D eigenvalue weighted by atomic mass is 32.2. The van der Waals surface area contributed by atoms with Gasteiger partial charge in [-0.2, -0.15) is 0 Å². The number of ether oxygens (including phenoxy) is 1. The molecule has 0 aliphatic heterocycles. The molecule has 2 aromatic carbocycles. The summed E-state index contributed by atoms with van der Waals surface area (Å²) in [7, 11) is -0.132. The number of carbonyl (C=O) groups is 2. The van der Waals surface area contributed by atoms with Gasteiger partial charge in [-0.3, -0.25) is 9.59 Å². The Bertz CT molecular complexity index is 1090. The molecule has 0 aliphatic carbocycles. The van der Waals surface area contributed by atoms with Gasteiger partial charge in [0.2, 0.25) is 10.0 Å². The minimum atomic E-state index is -3.86. The number of rotatable bonds is 10. The number of hydrogen-bond donors (Lipinski definition) is 1. The van der Waals surface area contributed by atoms with E-state index in [1.807, 2.05) is 49.3 Å². The molecular weight excluding hydrogens is 454 g/mol. The van der Waals surface area contributed by atoms with Gasteiger partial charge in [0.15, 0.2) is 0 Å². The van der Waals surface area contributed by atoms with Crippen molar-refractivity contribution < 1.29 is 22.7 Å². The van der Waals surface area contributed by atoms with Gasteiger partial charge < -0.3 is 14.5 Å². The number of likely N-dealkylation sites (N-methyl/N-ethyl adjacent to an activating group) is 1. The fourth-order valence-corrected chi connectivity index (χ4v) is 4.45. The van der Waals surface area contributed by atoms with Crippen molar-refractivity contribution in [1.29, 1.82) is 0 Å². The Kier molecular flexibility index (Phi) is 9.37. The molecular formula is C25H35N3O5S.